The Morgan fingerprint density at radius 3 is 2.36 bits per heavy atom. The van der Waals surface area contributed by atoms with Crippen molar-refractivity contribution < 1.29 is 10.2 Å². The Hall–Kier alpha value is -0.340. The highest BCUT2D eigenvalue weighted by atomic mass is 16.3. The van der Waals surface area contributed by atoms with Crippen molar-refractivity contribution in [3.63, 3.8) is 0 Å². The summed E-state index contributed by atoms with van der Waals surface area (Å²) in [7, 11) is 0. The molecule has 0 rings (SSSR count). The molecule has 0 aliphatic heterocycles. The maximum Gasteiger partial charge on any atom is 0.0749 e. The van der Waals surface area contributed by atoms with E-state index in [9.17, 15) is 5.11 Å². The first-order valence-electron chi connectivity index (χ1n) is 4.02. The van der Waals surface area contributed by atoms with Crippen LogP contribution in [0.15, 0.2) is 11.6 Å². The highest BCUT2D eigenvalue weighted by molar-refractivity contribution is 4.99. The average Bonchev–Trinajstić information content (AvgIpc) is 1.86. The van der Waals surface area contributed by atoms with Gasteiger partial charge in [-0.1, -0.05) is 18.6 Å². The van der Waals surface area contributed by atoms with Gasteiger partial charge in [0.05, 0.1) is 6.10 Å². The zero-order chi connectivity index (χ0) is 8.85. The fourth-order valence-electron chi connectivity index (χ4n) is 0.880. The van der Waals surface area contributed by atoms with E-state index in [1.165, 1.54) is 0 Å². The minimum atomic E-state index is -0.410. The summed E-state index contributed by atoms with van der Waals surface area (Å²) in [6.45, 7) is 5.99. The summed E-state index contributed by atoms with van der Waals surface area (Å²) in [5.41, 5.74) is 1.11. The molecular weight excluding hydrogens is 140 g/mol. The highest BCUT2D eigenvalue weighted by Gasteiger charge is 2.09. The van der Waals surface area contributed by atoms with Crippen LogP contribution in [0, 0.1) is 5.92 Å². The molecule has 0 saturated carbocycles. The zero-order valence-electron chi connectivity index (χ0n) is 7.54. The van der Waals surface area contributed by atoms with E-state index >= 15 is 0 Å². The summed E-state index contributed by atoms with van der Waals surface area (Å²) >= 11 is 0. The third-order valence-corrected chi connectivity index (χ3v) is 1.67. The largest absolute Gasteiger partial charge is 0.396 e. The smallest absolute Gasteiger partial charge is 0.0749 e. The van der Waals surface area contributed by atoms with Crippen LogP contribution in [0.3, 0.4) is 0 Å². The van der Waals surface area contributed by atoms with Crippen molar-refractivity contribution in [2.24, 2.45) is 5.92 Å². The van der Waals surface area contributed by atoms with Crippen LogP contribution in [0.1, 0.15) is 27.2 Å². The Kier molecular flexibility index (Phi) is 5.16. The molecule has 0 fully saturated rings. The molecule has 0 aromatic heterocycles. The molecule has 2 unspecified atom stereocenters. The van der Waals surface area contributed by atoms with Crippen molar-refractivity contribution in [2.45, 2.75) is 33.3 Å². The Morgan fingerprint density at radius 1 is 1.45 bits per heavy atom. The van der Waals surface area contributed by atoms with E-state index in [2.05, 4.69) is 0 Å². The Bertz CT molecular complexity index is 126. The number of rotatable bonds is 4. The van der Waals surface area contributed by atoms with Gasteiger partial charge in [-0.3, -0.25) is 0 Å². The third-order valence-electron chi connectivity index (χ3n) is 1.67. The second-order valence-electron chi connectivity index (χ2n) is 3.22. The topological polar surface area (TPSA) is 40.5 Å². The zero-order valence-corrected chi connectivity index (χ0v) is 7.54. The summed E-state index contributed by atoms with van der Waals surface area (Å²) in [5, 5.41) is 18.0. The van der Waals surface area contributed by atoms with E-state index in [4.69, 9.17) is 5.11 Å². The molecule has 0 aromatic carbocycles. The molecule has 66 valence electrons. The van der Waals surface area contributed by atoms with E-state index < -0.39 is 6.10 Å². The standard InChI is InChI=1S/C9H18O2/c1-7(2)6-9(11)8(3)4-5-10/h6,8-11H,4-5H2,1-3H3. The van der Waals surface area contributed by atoms with Crippen LogP contribution >= 0.6 is 0 Å². The molecule has 0 aromatic rings. The van der Waals surface area contributed by atoms with Crippen molar-refractivity contribution in [3.8, 4) is 0 Å². The predicted molar refractivity (Wildman–Crippen MR) is 46.3 cm³/mol. The maximum atomic E-state index is 9.43. The van der Waals surface area contributed by atoms with Gasteiger partial charge in [0.25, 0.3) is 0 Å². The van der Waals surface area contributed by atoms with Gasteiger partial charge >= 0.3 is 0 Å². The van der Waals surface area contributed by atoms with Gasteiger partial charge in [-0.05, 0) is 26.2 Å². The molecule has 0 spiro atoms. The first-order chi connectivity index (χ1) is 5.07. The van der Waals surface area contributed by atoms with Crippen LogP contribution in [0.25, 0.3) is 0 Å². The van der Waals surface area contributed by atoms with Crippen LogP contribution in [0.2, 0.25) is 0 Å². The lowest BCUT2D eigenvalue weighted by Gasteiger charge is -2.14. The molecule has 0 heterocycles. The average molecular weight is 158 g/mol. The monoisotopic (exact) mass is 158 g/mol. The molecule has 2 heteroatoms. The minimum absolute atomic E-state index is 0.148. The van der Waals surface area contributed by atoms with Crippen molar-refractivity contribution in [3.05, 3.63) is 11.6 Å². The van der Waals surface area contributed by atoms with Crippen LogP contribution in [0.5, 0.6) is 0 Å². The summed E-state index contributed by atoms with van der Waals surface area (Å²) in [6, 6.07) is 0. The second kappa shape index (κ2) is 5.33. The van der Waals surface area contributed by atoms with Gasteiger partial charge in [-0.2, -0.15) is 0 Å². The van der Waals surface area contributed by atoms with E-state index in [1.54, 1.807) is 0 Å². The molecule has 0 aliphatic carbocycles. The van der Waals surface area contributed by atoms with Gasteiger partial charge in [-0.15, -0.1) is 0 Å². The van der Waals surface area contributed by atoms with Gasteiger partial charge in [0.2, 0.25) is 0 Å². The second-order valence-corrected chi connectivity index (χ2v) is 3.22. The fraction of sp³-hybridized carbons (Fsp3) is 0.778. The first-order valence-corrected chi connectivity index (χ1v) is 4.02. The number of hydrogen-bond donors (Lipinski definition) is 2. The van der Waals surface area contributed by atoms with Crippen molar-refractivity contribution in [2.75, 3.05) is 6.61 Å². The number of allylic oxidation sites excluding steroid dienone is 1. The molecule has 0 radical (unpaired) electrons. The van der Waals surface area contributed by atoms with Gasteiger partial charge in [0, 0.05) is 6.61 Å². The van der Waals surface area contributed by atoms with E-state index in [1.807, 2.05) is 26.8 Å². The summed E-state index contributed by atoms with van der Waals surface area (Å²) in [6.07, 6.45) is 2.07. The van der Waals surface area contributed by atoms with Gasteiger partial charge in [-0.25, -0.2) is 0 Å². The lowest BCUT2D eigenvalue weighted by Crippen LogP contribution is -2.16. The van der Waals surface area contributed by atoms with Crippen LogP contribution in [-0.4, -0.2) is 22.9 Å². The van der Waals surface area contributed by atoms with Crippen LogP contribution in [-0.2, 0) is 0 Å². The van der Waals surface area contributed by atoms with E-state index in [-0.39, 0.29) is 12.5 Å². The number of hydrogen-bond acceptors (Lipinski definition) is 2. The number of aliphatic hydroxyl groups is 2. The van der Waals surface area contributed by atoms with Gasteiger partial charge in [0.15, 0.2) is 0 Å². The Balaban J connectivity index is 3.82. The highest BCUT2D eigenvalue weighted by Crippen LogP contribution is 2.10. The third kappa shape index (κ3) is 4.99. The molecule has 0 saturated heterocycles. The molecule has 0 bridgehead atoms. The predicted octanol–water partition coefficient (Wildman–Crippen LogP) is 1.33. The number of aliphatic hydroxyl groups excluding tert-OH is 2. The maximum absolute atomic E-state index is 9.43. The lowest BCUT2D eigenvalue weighted by atomic mass is 10.00. The van der Waals surface area contributed by atoms with Crippen molar-refractivity contribution >= 4 is 0 Å². The fourth-order valence-corrected chi connectivity index (χ4v) is 0.880. The molecule has 2 atom stereocenters. The van der Waals surface area contributed by atoms with Crippen LogP contribution < -0.4 is 0 Å². The van der Waals surface area contributed by atoms with Gasteiger partial charge < -0.3 is 10.2 Å². The SMILES string of the molecule is CC(C)=CC(O)C(C)CCO. The molecular formula is C9H18O2. The molecule has 0 amide bonds. The van der Waals surface area contributed by atoms with Crippen molar-refractivity contribution in [1.82, 2.24) is 0 Å². The lowest BCUT2D eigenvalue weighted by molar-refractivity contribution is 0.137. The Morgan fingerprint density at radius 2 is 2.00 bits per heavy atom. The normalized spacial score (nSPS) is 15.7. The summed E-state index contributed by atoms with van der Waals surface area (Å²) in [5.74, 6) is 0.148. The summed E-state index contributed by atoms with van der Waals surface area (Å²) < 4.78 is 0. The van der Waals surface area contributed by atoms with Crippen molar-refractivity contribution in [1.29, 1.82) is 0 Å². The quantitative estimate of drug-likeness (QED) is 0.606. The Labute approximate surface area is 68.6 Å². The first kappa shape index (κ1) is 10.7. The van der Waals surface area contributed by atoms with E-state index in [0.717, 1.165) is 5.57 Å². The molecule has 11 heavy (non-hydrogen) atoms. The van der Waals surface area contributed by atoms with Crippen LogP contribution in [0.4, 0.5) is 0 Å². The minimum Gasteiger partial charge on any atom is -0.396 e. The molecule has 2 nitrogen and oxygen atoms in total. The van der Waals surface area contributed by atoms with Gasteiger partial charge in [0.1, 0.15) is 0 Å². The summed E-state index contributed by atoms with van der Waals surface area (Å²) in [4.78, 5) is 0. The molecule has 2 N–H and O–H groups in total. The molecule has 0 aliphatic rings. The van der Waals surface area contributed by atoms with E-state index in [0.29, 0.717) is 6.42 Å².